The van der Waals surface area contributed by atoms with Gasteiger partial charge in [0.15, 0.2) is 23.7 Å². The first-order chi connectivity index (χ1) is 14.7. The van der Waals surface area contributed by atoms with Crippen molar-refractivity contribution in [1.29, 1.82) is 0 Å². The molecule has 0 fully saturated rings. The van der Waals surface area contributed by atoms with Crippen LogP contribution in [0.15, 0.2) is 23.3 Å². The molecule has 3 heterocycles. The number of anilines is 2. The Morgan fingerprint density at radius 2 is 1.94 bits per heavy atom. The molecule has 1 aliphatic heterocycles. The van der Waals surface area contributed by atoms with E-state index in [4.69, 9.17) is 11.5 Å². The normalized spacial score (nSPS) is 20.2. The first kappa shape index (κ1) is 22.8. The van der Waals surface area contributed by atoms with E-state index in [-0.39, 0.29) is 6.20 Å². The molecule has 2 aromatic rings. The average molecular weight is 465 g/mol. The Balaban J connectivity index is 1.84. The number of aliphatic imine (C=N–C) groups is 1. The van der Waals surface area contributed by atoms with Crippen LogP contribution in [0.4, 0.5) is 42.8 Å². The lowest BCUT2D eigenvalue weighted by molar-refractivity contribution is -0.141. The van der Waals surface area contributed by atoms with Gasteiger partial charge >= 0.3 is 18.2 Å². The molecule has 1 atom stereocenters. The zero-order chi connectivity index (χ0) is 23.9. The van der Waals surface area contributed by atoms with Crippen LogP contribution in [0.3, 0.4) is 0 Å². The molecule has 0 unspecified atom stereocenters. The van der Waals surface area contributed by atoms with E-state index < -0.39 is 71.1 Å². The molecule has 0 radical (unpaired) electrons. The number of amidine groups is 1. The van der Waals surface area contributed by atoms with Crippen LogP contribution in [0.2, 0.25) is 0 Å². The van der Waals surface area contributed by atoms with Gasteiger partial charge in [-0.05, 0) is 19.1 Å². The van der Waals surface area contributed by atoms with Gasteiger partial charge in [0.1, 0.15) is 17.3 Å². The number of nitrogens with two attached hydrogens (primary N) is 2. The minimum atomic E-state index is -4.83. The Bertz CT molecular complexity index is 1090. The summed E-state index contributed by atoms with van der Waals surface area (Å²) >= 11 is 0. The molecule has 32 heavy (non-hydrogen) atoms. The number of carbonyl (C=O) groups is 1. The molecule has 172 valence electrons. The van der Waals surface area contributed by atoms with E-state index in [1.807, 2.05) is 5.32 Å². The number of hydrogen-bond donors (Lipinski definition) is 3. The van der Waals surface area contributed by atoms with Gasteiger partial charge in [-0.2, -0.15) is 22.0 Å². The lowest BCUT2D eigenvalue weighted by atomic mass is 9.89. The van der Waals surface area contributed by atoms with Crippen molar-refractivity contribution in [3.63, 3.8) is 0 Å². The third-order valence-electron chi connectivity index (χ3n) is 4.23. The van der Waals surface area contributed by atoms with E-state index in [0.717, 1.165) is 19.1 Å². The molecule has 5 N–H and O–H groups in total. The molecular weight excluding hydrogens is 452 g/mol. The minimum Gasteiger partial charge on any atom is -0.459 e. The molecule has 3 rings (SSSR count). The highest BCUT2D eigenvalue weighted by Gasteiger charge is 2.57. The van der Waals surface area contributed by atoms with Crippen molar-refractivity contribution in [3.8, 4) is 5.88 Å². The Kier molecular flexibility index (Phi) is 5.48. The second-order valence-corrected chi connectivity index (χ2v) is 6.50. The highest BCUT2D eigenvalue weighted by Crippen LogP contribution is 2.43. The van der Waals surface area contributed by atoms with Crippen molar-refractivity contribution in [2.75, 3.05) is 17.7 Å². The van der Waals surface area contributed by atoms with E-state index in [1.54, 1.807) is 0 Å². The van der Waals surface area contributed by atoms with Gasteiger partial charge in [-0.1, -0.05) is 0 Å². The van der Waals surface area contributed by atoms with Gasteiger partial charge in [0, 0.05) is 0 Å². The topological polar surface area (TPSA) is 151 Å². The largest absolute Gasteiger partial charge is 0.459 e. The van der Waals surface area contributed by atoms with E-state index in [1.165, 1.54) is 0 Å². The van der Waals surface area contributed by atoms with Crippen molar-refractivity contribution in [2.45, 2.75) is 24.6 Å². The smallest absolute Gasteiger partial charge is 0.434 e. The molecule has 0 bridgehead atoms. The zero-order valence-electron chi connectivity index (χ0n) is 15.9. The standard InChI is InChI=1S/C16H13F6N7O3/c1-14(15(18,19)5-31-12(24)29-14)9-6(17)2-3-8(27-9)28-13(30)32-11-10(23)26-7(4-25-11)16(20,21)22/h2-4H,5H2,1H3,(H2,23,26)(H2,24,29)(H,27,28,30)/t14-/m1/s1. The molecule has 10 nitrogen and oxygen atoms in total. The van der Waals surface area contributed by atoms with Crippen LogP contribution >= 0.6 is 0 Å². The van der Waals surface area contributed by atoms with Crippen LogP contribution in [0.25, 0.3) is 0 Å². The number of nitrogens with one attached hydrogen (secondary N) is 1. The fraction of sp³-hybridized carbons (Fsp3) is 0.312. The highest BCUT2D eigenvalue weighted by molar-refractivity contribution is 5.85. The van der Waals surface area contributed by atoms with Crippen LogP contribution in [0.1, 0.15) is 18.3 Å². The van der Waals surface area contributed by atoms with Gasteiger partial charge in [-0.3, -0.25) is 5.32 Å². The Morgan fingerprint density at radius 3 is 2.56 bits per heavy atom. The van der Waals surface area contributed by atoms with E-state index in [0.29, 0.717) is 0 Å². The van der Waals surface area contributed by atoms with Crippen molar-refractivity contribution < 1.29 is 40.6 Å². The highest BCUT2D eigenvalue weighted by atomic mass is 19.4. The van der Waals surface area contributed by atoms with Crippen molar-refractivity contribution in [3.05, 3.63) is 35.5 Å². The second kappa shape index (κ2) is 7.69. The first-order valence-electron chi connectivity index (χ1n) is 8.44. The third-order valence-corrected chi connectivity index (χ3v) is 4.23. The van der Waals surface area contributed by atoms with Crippen molar-refractivity contribution >= 4 is 23.8 Å². The molecule has 0 spiro atoms. The van der Waals surface area contributed by atoms with Crippen LogP contribution < -0.4 is 21.5 Å². The fourth-order valence-electron chi connectivity index (χ4n) is 2.54. The number of pyridine rings is 1. The molecule has 0 saturated heterocycles. The van der Waals surface area contributed by atoms with Crippen LogP contribution in [0.5, 0.6) is 5.88 Å². The molecule has 1 aliphatic rings. The van der Waals surface area contributed by atoms with Gasteiger partial charge in [0.05, 0.1) is 6.20 Å². The molecule has 0 saturated carbocycles. The first-order valence-corrected chi connectivity index (χ1v) is 8.44. The van der Waals surface area contributed by atoms with E-state index >= 15 is 0 Å². The molecule has 0 aromatic carbocycles. The SMILES string of the molecule is C[C@]1(c2nc(NC(=O)Oc3ncc(C(F)(F)F)nc3N)ccc2F)N=C(N)OCC1(F)F. The number of rotatable bonds is 3. The number of aromatic nitrogens is 3. The Hall–Kier alpha value is -3.85. The summed E-state index contributed by atoms with van der Waals surface area (Å²) in [4.78, 5) is 25.4. The molecule has 1 amide bonds. The third kappa shape index (κ3) is 4.28. The summed E-state index contributed by atoms with van der Waals surface area (Å²) < 4.78 is 90.1. The fourth-order valence-corrected chi connectivity index (χ4v) is 2.54. The van der Waals surface area contributed by atoms with Crippen molar-refractivity contribution in [1.82, 2.24) is 15.0 Å². The molecule has 16 heteroatoms. The van der Waals surface area contributed by atoms with Gasteiger partial charge in [0.25, 0.3) is 11.9 Å². The number of nitrogens with zero attached hydrogens (tertiary/aromatic N) is 4. The summed E-state index contributed by atoms with van der Waals surface area (Å²) in [6.45, 7) is -0.320. The Morgan fingerprint density at radius 1 is 1.25 bits per heavy atom. The molecular formula is C16H13F6N7O3. The number of alkyl halides is 5. The van der Waals surface area contributed by atoms with Crippen LogP contribution in [-0.4, -0.2) is 39.6 Å². The van der Waals surface area contributed by atoms with Gasteiger partial charge in [-0.25, -0.2) is 29.1 Å². The number of amides is 1. The Labute approximate surface area is 174 Å². The maximum atomic E-state index is 14.4. The predicted molar refractivity (Wildman–Crippen MR) is 95.2 cm³/mol. The number of ether oxygens (including phenoxy) is 2. The monoisotopic (exact) mass is 465 g/mol. The second-order valence-electron chi connectivity index (χ2n) is 6.50. The predicted octanol–water partition coefficient (Wildman–Crippen LogP) is 2.42. The van der Waals surface area contributed by atoms with E-state index in [2.05, 4.69) is 29.4 Å². The quantitative estimate of drug-likeness (QED) is 0.585. The lowest BCUT2D eigenvalue weighted by Crippen LogP contribution is -2.51. The number of carbonyl (C=O) groups excluding carboxylic acids is 1. The summed E-state index contributed by atoms with van der Waals surface area (Å²) in [5.41, 5.74) is 5.79. The van der Waals surface area contributed by atoms with Gasteiger partial charge in [-0.15, -0.1) is 0 Å². The summed E-state index contributed by atoms with van der Waals surface area (Å²) in [5, 5.41) is 1.98. The number of halogens is 6. The summed E-state index contributed by atoms with van der Waals surface area (Å²) in [5.74, 6) is -6.96. The maximum absolute atomic E-state index is 14.4. The lowest BCUT2D eigenvalue weighted by Gasteiger charge is -2.36. The number of hydrogen-bond acceptors (Lipinski definition) is 9. The van der Waals surface area contributed by atoms with Crippen molar-refractivity contribution in [2.24, 2.45) is 10.7 Å². The van der Waals surface area contributed by atoms with E-state index in [9.17, 15) is 31.1 Å². The molecule has 0 aliphatic carbocycles. The number of nitrogen functional groups attached to an aromatic ring is 1. The van der Waals surface area contributed by atoms with Gasteiger partial charge < -0.3 is 20.9 Å². The van der Waals surface area contributed by atoms with Crippen LogP contribution in [0, 0.1) is 5.82 Å². The zero-order valence-corrected chi connectivity index (χ0v) is 15.9. The molecule has 2 aromatic heterocycles. The maximum Gasteiger partial charge on any atom is 0.434 e. The minimum absolute atomic E-state index is 0.281. The van der Waals surface area contributed by atoms with Crippen LogP contribution in [-0.2, 0) is 16.5 Å². The average Bonchev–Trinajstić information content (AvgIpc) is 2.67. The summed E-state index contributed by atoms with van der Waals surface area (Å²) in [6.07, 6.45) is -5.92. The summed E-state index contributed by atoms with van der Waals surface area (Å²) in [7, 11) is 0. The summed E-state index contributed by atoms with van der Waals surface area (Å²) in [6, 6.07) is 1.02. The van der Waals surface area contributed by atoms with Gasteiger partial charge in [0.2, 0.25) is 0 Å².